The summed E-state index contributed by atoms with van der Waals surface area (Å²) in [6, 6.07) is 1.83. The van der Waals surface area contributed by atoms with Gasteiger partial charge in [0.25, 0.3) is 11.1 Å². The Morgan fingerprint density at radius 1 is 0.958 bits per heavy atom. The van der Waals surface area contributed by atoms with E-state index in [9.17, 15) is 38.4 Å². The van der Waals surface area contributed by atoms with Crippen molar-refractivity contribution in [2.75, 3.05) is 19.8 Å². The fraction of sp³-hybridized carbons (Fsp3) is 0.607. The van der Waals surface area contributed by atoms with Crippen LogP contribution in [0.2, 0.25) is 0 Å². The lowest BCUT2D eigenvalue weighted by Gasteiger charge is -2.25. The summed E-state index contributed by atoms with van der Waals surface area (Å²) >= 11 is 0. The van der Waals surface area contributed by atoms with Crippen molar-refractivity contribution < 1.29 is 47.0 Å². The number of aromatic nitrogens is 4. The molecule has 1 unspecified atom stereocenters. The number of Topliss-reactive ketones (excluding diaryl/α,β-unsaturated/α-hetero) is 1. The molecule has 4 rings (SSSR count). The van der Waals surface area contributed by atoms with Crippen molar-refractivity contribution in [3.63, 3.8) is 0 Å². The quantitative estimate of drug-likeness (QED) is 0.126. The number of H-pyrrole nitrogens is 2. The molecule has 2 aliphatic heterocycles. The van der Waals surface area contributed by atoms with E-state index in [1.54, 1.807) is 0 Å². The normalized spacial score (nSPS) is 25.0. The number of aryl methyl sites for hydroxylation is 2. The van der Waals surface area contributed by atoms with Gasteiger partial charge in [0, 0.05) is 42.8 Å². The van der Waals surface area contributed by atoms with E-state index in [4.69, 9.17) is 33.0 Å². The highest BCUT2D eigenvalue weighted by atomic mass is 31.2. The van der Waals surface area contributed by atoms with Gasteiger partial charge in [-0.15, -0.1) is 0 Å². The Bertz CT molecular complexity index is 1830. The predicted octanol–water partition coefficient (Wildman–Crippen LogP) is -0.00788. The second kappa shape index (κ2) is 15.9. The van der Waals surface area contributed by atoms with Crippen LogP contribution in [0.4, 0.5) is 0 Å². The van der Waals surface area contributed by atoms with Gasteiger partial charge in [0.1, 0.15) is 43.2 Å². The lowest BCUT2D eigenvalue weighted by Crippen LogP contribution is -2.33. The molecule has 3 N–H and O–H groups in total. The van der Waals surface area contributed by atoms with Gasteiger partial charge in [-0.1, -0.05) is 0 Å². The van der Waals surface area contributed by atoms with Crippen molar-refractivity contribution in [1.82, 2.24) is 19.1 Å². The number of hydrogen-bond acceptors (Lipinski definition) is 15. The Hall–Kier alpha value is -4.02. The zero-order valence-corrected chi connectivity index (χ0v) is 27.2. The third-order valence-electron chi connectivity index (χ3n) is 7.51. The SMILES string of the molecule is CC(=O)CCC(=O)OC[C@H]1O[C@@H](n2cc(C)c(=O)[nH]c2=O)C[C@@H]1OP(=O)(OCCC#N)OC[C@H]1O[C@@H](n2cc(C)c(=O)[nH]c2=O)C[C@@H]1O. The van der Waals surface area contributed by atoms with E-state index in [1.807, 2.05) is 6.07 Å². The van der Waals surface area contributed by atoms with Crippen molar-refractivity contribution in [3.8, 4) is 6.07 Å². The summed E-state index contributed by atoms with van der Waals surface area (Å²) < 4.78 is 49.8. The molecule has 2 aliphatic rings. The lowest BCUT2D eigenvalue weighted by atomic mass is 10.2. The van der Waals surface area contributed by atoms with Crippen molar-refractivity contribution >= 4 is 19.6 Å². The van der Waals surface area contributed by atoms with Crippen LogP contribution in [-0.4, -0.2) is 80.2 Å². The van der Waals surface area contributed by atoms with Crippen LogP contribution in [-0.2, 0) is 41.9 Å². The first-order valence-electron chi connectivity index (χ1n) is 14.9. The number of aliphatic hydroxyl groups excluding tert-OH is 1. The van der Waals surface area contributed by atoms with Gasteiger partial charge in [0.05, 0.1) is 38.2 Å². The number of nitrogens with zero attached hydrogens (tertiary/aromatic N) is 3. The number of phosphoric acid groups is 1. The Morgan fingerprint density at radius 3 is 2.12 bits per heavy atom. The number of rotatable bonds is 15. The molecule has 20 heteroatoms. The van der Waals surface area contributed by atoms with Gasteiger partial charge in [-0.25, -0.2) is 14.2 Å². The van der Waals surface area contributed by atoms with E-state index in [1.165, 1.54) is 33.2 Å². The van der Waals surface area contributed by atoms with Crippen LogP contribution in [0, 0.1) is 25.2 Å². The molecular weight excluding hydrogens is 661 g/mol. The topological polar surface area (TPSA) is 260 Å². The smallest absolute Gasteiger partial charge is 0.463 e. The van der Waals surface area contributed by atoms with Crippen LogP contribution >= 0.6 is 7.82 Å². The molecule has 19 nitrogen and oxygen atoms in total. The molecule has 48 heavy (non-hydrogen) atoms. The predicted molar refractivity (Wildman–Crippen MR) is 161 cm³/mol. The largest absolute Gasteiger partial charge is 0.475 e. The first-order chi connectivity index (χ1) is 22.7. The number of aliphatic hydroxyl groups is 1. The Morgan fingerprint density at radius 2 is 1.54 bits per heavy atom. The molecule has 4 heterocycles. The molecule has 0 saturated carbocycles. The Kier molecular flexibility index (Phi) is 12.2. The maximum absolute atomic E-state index is 13.9. The molecule has 2 saturated heterocycles. The third kappa shape index (κ3) is 9.32. The number of aromatic amines is 2. The minimum Gasteiger partial charge on any atom is -0.463 e. The second-order valence-corrected chi connectivity index (χ2v) is 12.9. The van der Waals surface area contributed by atoms with Crippen LogP contribution in [0.25, 0.3) is 0 Å². The molecule has 0 amide bonds. The number of ether oxygens (including phenoxy) is 3. The fourth-order valence-corrected chi connectivity index (χ4v) is 6.32. The molecule has 0 spiro atoms. The van der Waals surface area contributed by atoms with Gasteiger partial charge < -0.3 is 24.1 Å². The van der Waals surface area contributed by atoms with Crippen molar-refractivity contribution in [1.29, 1.82) is 5.26 Å². The maximum Gasteiger partial charge on any atom is 0.475 e. The Labute approximate surface area is 271 Å². The molecule has 0 radical (unpaired) electrons. The third-order valence-corrected chi connectivity index (χ3v) is 9.00. The summed E-state index contributed by atoms with van der Waals surface area (Å²) in [6.07, 6.45) is -4.99. The van der Waals surface area contributed by atoms with Crippen molar-refractivity contribution in [2.24, 2.45) is 0 Å². The molecule has 2 fully saturated rings. The number of esters is 1. The summed E-state index contributed by atoms with van der Waals surface area (Å²) in [5.41, 5.74) is -2.34. The number of carbonyl (C=O) groups excluding carboxylic acids is 2. The van der Waals surface area contributed by atoms with E-state index >= 15 is 0 Å². The standard InChI is InChI=1S/C28H36N5O14P/c1-15-11-32(27(39)30-25(15)37)22-9-18(35)20(45-22)14-44-48(41,43-8-4-7-29)47-19-10-23(33-12-16(2)26(38)31-28(33)40)46-21(19)13-42-24(36)6-5-17(3)34/h11-12,18-23,35H,4-6,8-10,13-14H2,1-3H3,(H,30,37,39)(H,31,38,40)/t18-,19-,20+,21+,22+,23+,48?/m0/s1. The summed E-state index contributed by atoms with van der Waals surface area (Å²) in [6.45, 7) is 2.85. The van der Waals surface area contributed by atoms with Crippen molar-refractivity contribution in [2.45, 2.75) is 89.7 Å². The van der Waals surface area contributed by atoms with Gasteiger partial charge in [-0.05, 0) is 20.8 Å². The van der Waals surface area contributed by atoms with Crippen LogP contribution in [0.1, 0.15) is 62.6 Å². The number of hydrogen-bond donors (Lipinski definition) is 3. The monoisotopic (exact) mass is 697 g/mol. The van der Waals surface area contributed by atoms with E-state index in [-0.39, 0.29) is 49.0 Å². The highest BCUT2D eigenvalue weighted by molar-refractivity contribution is 7.48. The molecular formula is C28H36N5O14P. The molecule has 0 aliphatic carbocycles. The van der Waals surface area contributed by atoms with E-state index < -0.39 is 93.0 Å². The van der Waals surface area contributed by atoms with E-state index in [0.29, 0.717) is 0 Å². The highest BCUT2D eigenvalue weighted by Crippen LogP contribution is 2.53. The van der Waals surface area contributed by atoms with Crippen LogP contribution in [0.3, 0.4) is 0 Å². The molecule has 7 atom stereocenters. The van der Waals surface area contributed by atoms with Crippen LogP contribution in [0.15, 0.2) is 31.6 Å². The molecule has 262 valence electrons. The van der Waals surface area contributed by atoms with Crippen LogP contribution in [0.5, 0.6) is 0 Å². The zero-order chi connectivity index (χ0) is 35.2. The van der Waals surface area contributed by atoms with E-state index in [2.05, 4.69) is 9.97 Å². The minimum absolute atomic E-state index is 0.0544. The zero-order valence-electron chi connectivity index (χ0n) is 26.3. The number of carbonyl (C=O) groups is 2. The average molecular weight is 698 g/mol. The molecule has 2 aromatic heterocycles. The summed E-state index contributed by atoms with van der Waals surface area (Å²) in [5, 5.41) is 19.6. The van der Waals surface area contributed by atoms with Gasteiger partial charge in [-0.2, -0.15) is 5.26 Å². The average Bonchev–Trinajstić information content (AvgIpc) is 3.59. The number of nitrogens with one attached hydrogen (secondary N) is 2. The first-order valence-corrected chi connectivity index (χ1v) is 16.4. The summed E-state index contributed by atoms with van der Waals surface area (Å²) in [4.78, 5) is 76.4. The lowest BCUT2D eigenvalue weighted by molar-refractivity contribution is -0.150. The summed E-state index contributed by atoms with van der Waals surface area (Å²) in [7, 11) is -4.62. The van der Waals surface area contributed by atoms with Gasteiger partial charge in [0.2, 0.25) is 0 Å². The second-order valence-electron chi connectivity index (χ2n) is 11.3. The highest BCUT2D eigenvalue weighted by Gasteiger charge is 2.45. The van der Waals surface area contributed by atoms with E-state index in [0.717, 1.165) is 9.13 Å². The van der Waals surface area contributed by atoms with Gasteiger partial charge in [-0.3, -0.25) is 47.1 Å². The number of phosphoric ester groups is 1. The maximum atomic E-state index is 13.9. The van der Waals surface area contributed by atoms with Crippen LogP contribution < -0.4 is 22.5 Å². The Balaban J connectivity index is 1.52. The molecule has 0 aromatic carbocycles. The summed E-state index contributed by atoms with van der Waals surface area (Å²) in [5.74, 6) is -0.953. The molecule has 0 bridgehead atoms. The van der Waals surface area contributed by atoms with Gasteiger partial charge in [0.15, 0.2) is 0 Å². The minimum atomic E-state index is -4.62. The number of ketones is 1. The van der Waals surface area contributed by atoms with Crippen molar-refractivity contribution in [3.05, 3.63) is 65.2 Å². The number of nitriles is 1. The molecule has 2 aromatic rings. The van der Waals surface area contributed by atoms with Gasteiger partial charge >= 0.3 is 25.2 Å². The fourth-order valence-electron chi connectivity index (χ4n) is 4.93. The first kappa shape index (κ1) is 36.8.